The van der Waals surface area contributed by atoms with E-state index in [1.807, 2.05) is 0 Å². The highest BCUT2D eigenvalue weighted by Crippen LogP contribution is 2.18. The van der Waals surface area contributed by atoms with Crippen LogP contribution in [0.15, 0.2) is 24.3 Å². The van der Waals surface area contributed by atoms with Gasteiger partial charge in [0, 0.05) is 11.8 Å². The van der Waals surface area contributed by atoms with Crippen LogP contribution >= 0.6 is 11.8 Å². The zero-order valence-electron chi connectivity index (χ0n) is 5.42. The second-order valence-electron chi connectivity index (χ2n) is 1.82. The minimum absolute atomic E-state index is 0.00386. The molecule has 0 saturated carbocycles. The third-order valence-electron chi connectivity index (χ3n) is 1.14. The number of halogens is 2. The highest BCUT2D eigenvalue weighted by Gasteiger charge is 2.06. The SMILES string of the molecule is O=[C]N(Cl)c1ccccc1F. The molecule has 0 aliphatic rings. The molecular weight excluding hydrogens is 169 g/mol. The quantitative estimate of drug-likeness (QED) is 0.493. The lowest BCUT2D eigenvalue weighted by atomic mass is 10.3. The van der Waals surface area contributed by atoms with Crippen LogP contribution in [0.25, 0.3) is 0 Å². The zero-order chi connectivity index (χ0) is 8.27. The second kappa shape index (κ2) is 3.34. The molecule has 4 heteroatoms. The minimum atomic E-state index is -0.550. The number of anilines is 1. The normalized spacial score (nSPS) is 9.27. The average Bonchev–Trinajstić information content (AvgIpc) is 2.04. The van der Waals surface area contributed by atoms with E-state index in [4.69, 9.17) is 11.8 Å². The van der Waals surface area contributed by atoms with Crippen LogP contribution in [0, 0.1) is 5.82 Å². The Morgan fingerprint density at radius 1 is 1.45 bits per heavy atom. The summed E-state index contributed by atoms with van der Waals surface area (Å²) in [4.78, 5) is 9.96. The Kier molecular flexibility index (Phi) is 2.44. The first-order valence-electron chi connectivity index (χ1n) is 2.84. The van der Waals surface area contributed by atoms with E-state index in [0.717, 1.165) is 0 Å². The number of para-hydroxylation sites is 1. The van der Waals surface area contributed by atoms with Gasteiger partial charge in [0.25, 0.3) is 0 Å². The number of hydrogen-bond acceptors (Lipinski definition) is 1. The van der Waals surface area contributed by atoms with Gasteiger partial charge in [-0.2, -0.15) is 0 Å². The number of amides is 1. The fourth-order valence-electron chi connectivity index (χ4n) is 0.660. The summed E-state index contributed by atoms with van der Waals surface area (Å²) in [5, 5.41) is 0. The van der Waals surface area contributed by atoms with E-state index in [1.54, 1.807) is 6.07 Å². The molecule has 2 nitrogen and oxygen atoms in total. The van der Waals surface area contributed by atoms with Gasteiger partial charge in [-0.05, 0) is 12.1 Å². The van der Waals surface area contributed by atoms with E-state index in [0.29, 0.717) is 4.42 Å². The molecule has 1 aromatic carbocycles. The second-order valence-corrected chi connectivity index (χ2v) is 2.16. The molecule has 0 aromatic heterocycles. The van der Waals surface area contributed by atoms with Gasteiger partial charge in [-0.1, -0.05) is 12.1 Å². The molecule has 1 rings (SSSR count). The maximum absolute atomic E-state index is 12.7. The Bertz CT molecular complexity index is 266. The van der Waals surface area contributed by atoms with Crippen LogP contribution in [0.2, 0.25) is 0 Å². The Morgan fingerprint density at radius 2 is 2.09 bits per heavy atom. The Morgan fingerprint density at radius 3 is 2.64 bits per heavy atom. The molecule has 1 amide bonds. The lowest BCUT2D eigenvalue weighted by Gasteiger charge is -2.05. The average molecular weight is 173 g/mol. The molecule has 0 heterocycles. The van der Waals surface area contributed by atoms with Crippen LogP contribution in [-0.4, -0.2) is 6.41 Å². The van der Waals surface area contributed by atoms with Crippen molar-refractivity contribution in [3.63, 3.8) is 0 Å². The highest BCUT2D eigenvalue weighted by molar-refractivity contribution is 6.33. The Labute approximate surface area is 68.3 Å². The minimum Gasteiger partial charge on any atom is -0.262 e. The van der Waals surface area contributed by atoms with Crippen molar-refractivity contribution in [1.29, 1.82) is 0 Å². The summed E-state index contributed by atoms with van der Waals surface area (Å²) >= 11 is 5.27. The summed E-state index contributed by atoms with van der Waals surface area (Å²) in [6.45, 7) is 0. The lowest BCUT2D eigenvalue weighted by Crippen LogP contribution is -2.07. The smallest absolute Gasteiger partial charge is 0.262 e. The number of benzene rings is 1. The van der Waals surface area contributed by atoms with Crippen LogP contribution in [0.3, 0.4) is 0 Å². The van der Waals surface area contributed by atoms with Gasteiger partial charge >= 0.3 is 6.41 Å². The van der Waals surface area contributed by atoms with E-state index < -0.39 is 5.82 Å². The Hall–Kier alpha value is -1.09. The van der Waals surface area contributed by atoms with Crippen molar-refractivity contribution in [3.8, 4) is 0 Å². The number of nitrogens with zero attached hydrogens (tertiary/aromatic N) is 1. The van der Waals surface area contributed by atoms with E-state index in [-0.39, 0.29) is 5.69 Å². The van der Waals surface area contributed by atoms with Gasteiger partial charge in [-0.15, -0.1) is 0 Å². The largest absolute Gasteiger partial charge is 0.332 e. The monoisotopic (exact) mass is 172 g/mol. The summed E-state index contributed by atoms with van der Waals surface area (Å²) in [7, 11) is 0. The molecule has 0 N–H and O–H groups in total. The first-order chi connectivity index (χ1) is 5.25. The predicted molar refractivity (Wildman–Crippen MR) is 40.4 cm³/mol. The predicted octanol–water partition coefficient (Wildman–Crippen LogP) is 1.85. The molecular formula is C7H4ClFNO. The van der Waals surface area contributed by atoms with E-state index in [2.05, 4.69) is 0 Å². The van der Waals surface area contributed by atoms with E-state index in [9.17, 15) is 9.18 Å². The van der Waals surface area contributed by atoms with Crippen LogP contribution in [-0.2, 0) is 4.79 Å². The molecule has 0 saturated heterocycles. The maximum Gasteiger partial charge on any atom is 0.332 e. The fraction of sp³-hybridized carbons (Fsp3) is 0. The topological polar surface area (TPSA) is 20.3 Å². The number of hydrogen-bond donors (Lipinski definition) is 0. The van der Waals surface area contributed by atoms with Crippen molar-refractivity contribution >= 4 is 23.9 Å². The van der Waals surface area contributed by atoms with Gasteiger partial charge in [0.2, 0.25) is 0 Å². The molecule has 1 radical (unpaired) electrons. The van der Waals surface area contributed by atoms with Crippen LogP contribution < -0.4 is 4.42 Å². The first kappa shape index (κ1) is 8.01. The zero-order valence-corrected chi connectivity index (χ0v) is 6.18. The first-order valence-corrected chi connectivity index (χ1v) is 3.17. The maximum atomic E-state index is 12.7. The molecule has 57 valence electrons. The van der Waals surface area contributed by atoms with Crippen molar-refractivity contribution in [1.82, 2.24) is 0 Å². The van der Waals surface area contributed by atoms with Crippen molar-refractivity contribution < 1.29 is 9.18 Å². The van der Waals surface area contributed by atoms with Crippen molar-refractivity contribution in [2.45, 2.75) is 0 Å². The molecule has 0 spiro atoms. The van der Waals surface area contributed by atoms with Crippen LogP contribution in [0.4, 0.5) is 10.1 Å². The van der Waals surface area contributed by atoms with Crippen LogP contribution in [0.5, 0.6) is 0 Å². The summed E-state index contributed by atoms with van der Waals surface area (Å²) < 4.78 is 13.3. The molecule has 0 unspecified atom stereocenters. The molecule has 11 heavy (non-hydrogen) atoms. The number of carbonyl (C=O) groups excluding carboxylic acids is 1. The molecule has 0 aliphatic carbocycles. The third kappa shape index (κ3) is 1.68. The van der Waals surface area contributed by atoms with Gasteiger partial charge in [-0.3, -0.25) is 4.79 Å². The lowest BCUT2D eigenvalue weighted by molar-refractivity contribution is 0.556. The summed E-state index contributed by atoms with van der Waals surface area (Å²) in [6.07, 6.45) is 1.33. The van der Waals surface area contributed by atoms with Gasteiger partial charge in [0.1, 0.15) is 5.82 Å². The molecule has 0 bridgehead atoms. The summed E-state index contributed by atoms with van der Waals surface area (Å²) in [6, 6.07) is 5.68. The fourth-order valence-corrected chi connectivity index (χ4v) is 0.797. The van der Waals surface area contributed by atoms with Crippen molar-refractivity contribution in [2.24, 2.45) is 0 Å². The van der Waals surface area contributed by atoms with Crippen LogP contribution in [0.1, 0.15) is 0 Å². The Balaban J connectivity index is 3.02. The molecule has 0 fully saturated rings. The summed E-state index contributed by atoms with van der Waals surface area (Å²) in [5.41, 5.74) is 0.00386. The van der Waals surface area contributed by atoms with E-state index >= 15 is 0 Å². The molecule has 0 aliphatic heterocycles. The molecule has 0 atom stereocenters. The van der Waals surface area contributed by atoms with E-state index in [1.165, 1.54) is 24.6 Å². The highest BCUT2D eigenvalue weighted by atomic mass is 35.5. The number of rotatable bonds is 2. The van der Waals surface area contributed by atoms with Crippen molar-refractivity contribution in [3.05, 3.63) is 30.1 Å². The molecule has 1 aromatic rings. The third-order valence-corrected chi connectivity index (χ3v) is 1.40. The van der Waals surface area contributed by atoms with Crippen molar-refractivity contribution in [2.75, 3.05) is 4.42 Å². The van der Waals surface area contributed by atoms with Gasteiger partial charge in [0.05, 0.1) is 5.69 Å². The van der Waals surface area contributed by atoms with Gasteiger partial charge in [-0.25, -0.2) is 8.81 Å². The van der Waals surface area contributed by atoms with Gasteiger partial charge in [0.15, 0.2) is 0 Å². The standard InChI is InChI=1S/C7H4ClFNO/c8-10(5-11)7-4-2-1-3-6(7)9/h1-4H. The summed E-state index contributed by atoms with van der Waals surface area (Å²) in [5.74, 6) is -0.550. The van der Waals surface area contributed by atoms with Gasteiger partial charge < -0.3 is 0 Å².